The minimum Gasteiger partial charge on any atom is -0.342 e. The average molecular weight is 378 g/mol. The summed E-state index contributed by atoms with van der Waals surface area (Å²) < 4.78 is 13.5. The SMILES string of the molecule is CCCCN(C)C(=O)c1cccc(Nc2cc(-c3cccc(F)c3)ncn2)c1. The molecule has 0 spiro atoms. The molecule has 0 bridgehead atoms. The largest absolute Gasteiger partial charge is 0.342 e. The van der Waals surface area contributed by atoms with E-state index in [0.29, 0.717) is 22.6 Å². The molecular formula is C22H23FN4O. The zero-order valence-electron chi connectivity index (χ0n) is 16.0. The predicted octanol–water partition coefficient (Wildman–Crippen LogP) is 4.90. The van der Waals surface area contributed by atoms with Gasteiger partial charge in [-0.2, -0.15) is 0 Å². The molecule has 0 saturated carbocycles. The summed E-state index contributed by atoms with van der Waals surface area (Å²) in [6.07, 6.45) is 3.45. The Morgan fingerprint density at radius 1 is 1.11 bits per heavy atom. The number of anilines is 2. The number of halogens is 1. The first-order valence-electron chi connectivity index (χ1n) is 9.27. The highest BCUT2D eigenvalue weighted by molar-refractivity contribution is 5.95. The van der Waals surface area contributed by atoms with Crippen LogP contribution in [0.15, 0.2) is 60.9 Å². The molecule has 144 valence electrons. The molecule has 0 aliphatic carbocycles. The summed E-state index contributed by atoms with van der Waals surface area (Å²) >= 11 is 0. The first kappa shape index (κ1) is 19.5. The maximum absolute atomic E-state index is 13.5. The van der Waals surface area contributed by atoms with Gasteiger partial charge in [0.25, 0.3) is 5.91 Å². The summed E-state index contributed by atoms with van der Waals surface area (Å²) in [7, 11) is 1.81. The maximum atomic E-state index is 13.5. The van der Waals surface area contributed by atoms with Crippen molar-refractivity contribution in [3.63, 3.8) is 0 Å². The topological polar surface area (TPSA) is 58.1 Å². The smallest absolute Gasteiger partial charge is 0.253 e. The van der Waals surface area contributed by atoms with Crippen molar-refractivity contribution in [1.82, 2.24) is 14.9 Å². The maximum Gasteiger partial charge on any atom is 0.253 e. The summed E-state index contributed by atoms with van der Waals surface area (Å²) in [5.41, 5.74) is 2.65. The predicted molar refractivity (Wildman–Crippen MR) is 109 cm³/mol. The molecular weight excluding hydrogens is 355 g/mol. The van der Waals surface area contributed by atoms with E-state index in [1.54, 1.807) is 35.2 Å². The van der Waals surface area contributed by atoms with Crippen molar-refractivity contribution in [3.05, 3.63) is 72.3 Å². The Bertz CT molecular complexity index is 961. The van der Waals surface area contributed by atoms with Crippen molar-refractivity contribution in [2.45, 2.75) is 19.8 Å². The number of nitrogens with one attached hydrogen (secondary N) is 1. The molecule has 1 amide bonds. The third kappa shape index (κ3) is 4.91. The summed E-state index contributed by atoms with van der Waals surface area (Å²) in [6.45, 7) is 2.83. The third-order valence-electron chi connectivity index (χ3n) is 4.36. The van der Waals surface area contributed by atoms with Crippen molar-refractivity contribution >= 4 is 17.4 Å². The molecule has 0 aliphatic heterocycles. The van der Waals surface area contributed by atoms with E-state index >= 15 is 0 Å². The second kappa shape index (κ2) is 9.08. The number of hydrogen-bond donors (Lipinski definition) is 1. The Morgan fingerprint density at radius 3 is 2.71 bits per heavy atom. The van der Waals surface area contributed by atoms with Gasteiger partial charge in [0.15, 0.2) is 0 Å². The standard InChI is InChI=1S/C22H23FN4O/c1-3-4-11-27(2)22(28)17-8-6-10-19(13-17)26-21-14-20(24-15-25-21)16-7-5-9-18(23)12-16/h5-10,12-15H,3-4,11H2,1-2H3,(H,24,25,26). The minimum absolute atomic E-state index is 0.0137. The lowest BCUT2D eigenvalue weighted by atomic mass is 10.1. The molecule has 0 radical (unpaired) electrons. The molecule has 0 atom stereocenters. The number of carbonyl (C=O) groups excluding carboxylic acids is 1. The van der Waals surface area contributed by atoms with E-state index < -0.39 is 0 Å². The fourth-order valence-corrected chi connectivity index (χ4v) is 2.83. The summed E-state index contributed by atoms with van der Waals surface area (Å²) in [6, 6.07) is 15.3. The number of hydrogen-bond acceptors (Lipinski definition) is 4. The zero-order valence-corrected chi connectivity index (χ0v) is 16.0. The molecule has 6 heteroatoms. The van der Waals surface area contributed by atoms with Crippen molar-refractivity contribution in [1.29, 1.82) is 0 Å². The lowest BCUT2D eigenvalue weighted by molar-refractivity contribution is 0.0793. The lowest BCUT2D eigenvalue weighted by Crippen LogP contribution is -2.27. The normalized spacial score (nSPS) is 10.5. The first-order valence-corrected chi connectivity index (χ1v) is 9.27. The molecule has 1 aromatic heterocycles. The number of carbonyl (C=O) groups is 1. The van der Waals surface area contributed by atoms with Gasteiger partial charge in [-0.3, -0.25) is 4.79 Å². The average Bonchev–Trinajstić information content (AvgIpc) is 2.72. The van der Waals surface area contributed by atoms with Crippen LogP contribution in [0, 0.1) is 5.82 Å². The van der Waals surface area contributed by atoms with Gasteiger partial charge in [-0.1, -0.05) is 31.5 Å². The van der Waals surface area contributed by atoms with Crippen molar-refractivity contribution in [3.8, 4) is 11.3 Å². The van der Waals surface area contributed by atoms with Crippen LogP contribution in [0.4, 0.5) is 15.9 Å². The number of rotatable bonds is 7. The Labute approximate surface area is 164 Å². The number of nitrogens with zero attached hydrogens (tertiary/aromatic N) is 3. The van der Waals surface area contributed by atoms with E-state index in [1.807, 2.05) is 19.2 Å². The van der Waals surface area contributed by atoms with Crippen LogP contribution in [0.3, 0.4) is 0 Å². The Balaban J connectivity index is 1.77. The quantitative estimate of drug-likeness (QED) is 0.635. The Kier molecular flexibility index (Phi) is 6.32. The van der Waals surface area contributed by atoms with Gasteiger partial charge in [0, 0.05) is 36.5 Å². The van der Waals surface area contributed by atoms with Gasteiger partial charge in [-0.25, -0.2) is 14.4 Å². The monoisotopic (exact) mass is 378 g/mol. The molecule has 0 aliphatic rings. The number of unbranched alkanes of at least 4 members (excludes halogenated alkanes) is 1. The van der Waals surface area contributed by atoms with Crippen LogP contribution in [0.1, 0.15) is 30.1 Å². The van der Waals surface area contributed by atoms with Gasteiger partial charge in [0.1, 0.15) is 18.0 Å². The molecule has 3 rings (SSSR count). The lowest BCUT2D eigenvalue weighted by Gasteiger charge is -2.17. The van der Waals surface area contributed by atoms with Crippen LogP contribution < -0.4 is 5.32 Å². The van der Waals surface area contributed by atoms with E-state index in [4.69, 9.17) is 0 Å². The highest BCUT2D eigenvalue weighted by atomic mass is 19.1. The minimum atomic E-state index is -0.316. The van der Waals surface area contributed by atoms with Crippen LogP contribution in [0.5, 0.6) is 0 Å². The van der Waals surface area contributed by atoms with E-state index in [-0.39, 0.29) is 11.7 Å². The highest BCUT2D eigenvalue weighted by Crippen LogP contribution is 2.22. The second-order valence-electron chi connectivity index (χ2n) is 6.58. The van der Waals surface area contributed by atoms with Gasteiger partial charge >= 0.3 is 0 Å². The number of aromatic nitrogens is 2. The molecule has 5 nitrogen and oxygen atoms in total. The van der Waals surface area contributed by atoms with Gasteiger partial charge in [0.2, 0.25) is 0 Å². The molecule has 28 heavy (non-hydrogen) atoms. The van der Waals surface area contributed by atoms with Crippen molar-refractivity contribution in [2.75, 3.05) is 18.9 Å². The first-order chi connectivity index (χ1) is 13.6. The molecule has 0 unspecified atom stereocenters. The fraction of sp³-hybridized carbons (Fsp3) is 0.227. The van der Waals surface area contributed by atoms with Crippen LogP contribution in [0.25, 0.3) is 11.3 Å². The van der Waals surface area contributed by atoms with Gasteiger partial charge in [0.05, 0.1) is 5.69 Å². The van der Waals surface area contributed by atoms with E-state index in [9.17, 15) is 9.18 Å². The number of amides is 1. The van der Waals surface area contributed by atoms with E-state index in [0.717, 1.165) is 25.1 Å². The molecule has 0 saturated heterocycles. The third-order valence-corrected chi connectivity index (χ3v) is 4.36. The molecule has 0 fully saturated rings. The second-order valence-corrected chi connectivity index (χ2v) is 6.58. The molecule has 2 aromatic carbocycles. The highest BCUT2D eigenvalue weighted by Gasteiger charge is 2.12. The van der Waals surface area contributed by atoms with E-state index in [1.165, 1.54) is 18.5 Å². The summed E-state index contributed by atoms with van der Waals surface area (Å²) in [4.78, 5) is 22.7. The zero-order chi connectivity index (χ0) is 19.9. The van der Waals surface area contributed by atoms with Crippen molar-refractivity contribution < 1.29 is 9.18 Å². The van der Waals surface area contributed by atoms with Crippen LogP contribution in [-0.4, -0.2) is 34.4 Å². The van der Waals surface area contributed by atoms with Gasteiger partial charge in [-0.15, -0.1) is 0 Å². The Morgan fingerprint density at radius 2 is 1.93 bits per heavy atom. The molecule has 1 N–H and O–H groups in total. The van der Waals surface area contributed by atoms with Crippen molar-refractivity contribution in [2.24, 2.45) is 0 Å². The van der Waals surface area contributed by atoms with Crippen LogP contribution in [0.2, 0.25) is 0 Å². The Hall–Kier alpha value is -3.28. The number of benzene rings is 2. The van der Waals surface area contributed by atoms with E-state index in [2.05, 4.69) is 22.2 Å². The van der Waals surface area contributed by atoms with Crippen LogP contribution in [-0.2, 0) is 0 Å². The van der Waals surface area contributed by atoms with Gasteiger partial charge < -0.3 is 10.2 Å². The molecule has 1 heterocycles. The van der Waals surface area contributed by atoms with Gasteiger partial charge in [-0.05, 0) is 36.8 Å². The summed E-state index contributed by atoms with van der Waals surface area (Å²) in [5.74, 6) is 0.238. The van der Waals surface area contributed by atoms with Crippen LogP contribution >= 0.6 is 0 Å². The molecule has 3 aromatic rings. The fourth-order valence-electron chi connectivity index (χ4n) is 2.83. The summed E-state index contributed by atoms with van der Waals surface area (Å²) in [5, 5.41) is 3.19.